The van der Waals surface area contributed by atoms with Crippen molar-refractivity contribution in [3.63, 3.8) is 0 Å². The largest absolute Gasteiger partial charge is 0.494 e. The van der Waals surface area contributed by atoms with Gasteiger partial charge < -0.3 is 20.1 Å². The van der Waals surface area contributed by atoms with Crippen LogP contribution in [0.25, 0.3) is 21.9 Å². The zero-order valence-corrected chi connectivity index (χ0v) is 12.5. The van der Waals surface area contributed by atoms with Crippen molar-refractivity contribution >= 4 is 39.4 Å². The zero-order valence-electron chi connectivity index (χ0n) is 12.5. The number of aromatic amines is 2. The molecule has 3 aromatic heterocycles. The van der Waals surface area contributed by atoms with Crippen LogP contribution in [0.1, 0.15) is 10.4 Å². The number of aromatic nitrogens is 5. The predicted octanol–water partition coefficient (Wildman–Crippen LogP) is 2.28. The molecule has 0 radical (unpaired) electrons. The van der Waals surface area contributed by atoms with Crippen molar-refractivity contribution in [3.8, 4) is 5.75 Å². The number of nitrogens with zero attached hydrogens (tertiary/aromatic N) is 3. The summed E-state index contributed by atoms with van der Waals surface area (Å²) in [4.78, 5) is 22.5. The molecule has 0 spiro atoms. The number of fused-ring (bicyclic) bond motifs is 2. The molecule has 9 nitrogen and oxygen atoms in total. The van der Waals surface area contributed by atoms with Gasteiger partial charge in [0.15, 0.2) is 0 Å². The molecule has 0 amide bonds. The number of hydrogen-bond acceptors (Lipinski definition) is 6. The molecule has 9 heteroatoms. The number of H-pyrrole nitrogens is 2. The van der Waals surface area contributed by atoms with Crippen LogP contribution in [0, 0.1) is 0 Å². The maximum atomic E-state index is 11.4. The monoisotopic (exact) mass is 324 g/mol. The SMILES string of the molecule is COc1cc2[nH]ncc2cc1Nc1ncnc2[nH]cc(C(=O)O)c12. The molecular formula is C15H12N6O3. The van der Waals surface area contributed by atoms with Crippen molar-refractivity contribution in [2.75, 3.05) is 12.4 Å². The summed E-state index contributed by atoms with van der Waals surface area (Å²) in [5.74, 6) is -0.109. The van der Waals surface area contributed by atoms with E-state index < -0.39 is 5.97 Å². The lowest BCUT2D eigenvalue weighted by Gasteiger charge is -2.11. The number of carboxylic acids is 1. The van der Waals surface area contributed by atoms with E-state index in [4.69, 9.17) is 4.74 Å². The molecule has 3 heterocycles. The van der Waals surface area contributed by atoms with Gasteiger partial charge in [0.1, 0.15) is 23.5 Å². The first-order chi connectivity index (χ1) is 11.7. The van der Waals surface area contributed by atoms with E-state index in [1.54, 1.807) is 19.4 Å². The van der Waals surface area contributed by atoms with Crippen molar-refractivity contribution in [2.24, 2.45) is 0 Å². The lowest BCUT2D eigenvalue weighted by atomic mass is 10.2. The van der Waals surface area contributed by atoms with Crippen LogP contribution >= 0.6 is 0 Å². The van der Waals surface area contributed by atoms with Crippen molar-refractivity contribution in [1.29, 1.82) is 0 Å². The number of ether oxygens (including phenoxy) is 1. The van der Waals surface area contributed by atoms with Gasteiger partial charge in [0, 0.05) is 17.6 Å². The van der Waals surface area contributed by atoms with Gasteiger partial charge in [-0.15, -0.1) is 0 Å². The molecule has 0 aliphatic heterocycles. The lowest BCUT2D eigenvalue weighted by molar-refractivity contribution is 0.0699. The Hall–Kier alpha value is -3.62. The summed E-state index contributed by atoms with van der Waals surface area (Å²) in [6, 6.07) is 3.65. The minimum atomic E-state index is -1.06. The average Bonchev–Trinajstić information content (AvgIpc) is 3.20. The lowest BCUT2D eigenvalue weighted by Crippen LogP contribution is -2.01. The first-order valence-electron chi connectivity index (χ1n) is 7.01. The fraction of sp³-hybridized carbons (Fsp3) is 0.0667. The highest BCUT2D eigenvalue weighted by Gasteiger charge is 2.17. The van der Waals surface area contributed by atoms with Crippen LogP contribution in [0.15, 0.2) is 30.9 Å². The molecule has 4 aromatic rings. The third-order valence-corrected chi connectivity index (χ3v) is 3.71. The van der Waals surface area contributed by atoms with Gasteiger partial charge in [-0.1, -0.05) is 0 Å². The van der Waals surface area contributed by atoms with Gasteiger partial charge in [-0.2, -0.15) is 5.10 Å². The molecule has 4 N–H and O–H groups in total. The highest BCUT2D eigenvalue weighted by Crippen LogP contribution is 2.33. The van der Waals surface area contributed by atoms with Gasteiger partial charge in [0.2, 0.25) is 0 Å². The first-order valence-corrected chi connectivity index (χ1v) is 7.01. The minimum Gasteiger partial charge on any atom is -0.494 e. The second-order valence-electron chi connectivity index (χ2n) is 5.09. The van der Waals surface area contributed by atoms with Crippen LogP contribution in [-0.4, -0.2) is 43.3 Å². The molecule has 0 atom stereocenters. The molecule has 0 aliphatic carbocycles. The number of carbonyl (C=O) groups is 1. The fourth-order valence-electron chi connectivity index (χ4n) is 2.59. The van der Waals surface area contributed by atoms with E-state index in [9.17, 15) is 9.90 Å². The van der Waals surface area contributed by atoms with E-state index in [1.165, 1.54) is 12.5 Å². The van der Waals surface area contributed by atoms with Gasteiger partial charge >= 0.3 is 5.97 Å². The number of rotatable bonds is 4. The third-order valence-electron chi connectivity index (χ3n) is 3.71. The van der Waals surface area contributed by atoms with Gasteiger partial charge in [0.05, 0.1) is 35.5 Å². The predicted molar refractivity (Wildman–Crippen MR) is 86.8 cm³/mol. The van der Waals surface area contributed by atoms with Crippen LogP contribution in [0.3, 0.4) is 0 Å². The second-order valence-corrected chi connectivity index (χ2v) is 5.09. The highest BCUT2D eigenvalue weighted by molar-refractivity contribution is 6.07. The minimum absolute atomic E-state index is 0.0939. The molecule has 1 aromatic carbocycles. The molecule has 0 fully saturated rings. The molecule has 0 aliphatic rings. The fourth-order valence-corrected chi connectivity index (χ4v) is 2.59. The Bertz CT molecular complexity index is 1070. The molecular weight excluding hydrogens is 312 g/mol. The van der Waals surface area contributed by atoms with Crippen molar-refractivity contribution in [2.45, 2.75) is 0 Å². The molecule has 0 unspecified atom stereocenters. The van der Waals surface area contributed by atoms with Crippen molar-refractivity contribution in [1.82, 2.24) is 25.1 Å². The van der Waals surface area contributed by atoms with E-state index in [-0.39, 0.29) is 5.56 Å². The smallest absolute Gasteiger partial charge is 0.338 e. The zero-order chi connectivity index (χ0) is 16.7. The standard InChI is InChI=1S/C15H12N6O3/c1-24-11-3-9-7(4-19-21-9)2-10(11)20-14-12-8(15(22)23)5-16-13(12)17-6-18-14/h2-6H,1H3,(H,19,21)(H,22,23)(H2,16,17,18,20). The Balaban J connectivity index is 1.87. The Morgan fingerprint density at radius 3 is 3.00 bits per heavy atom. The number of benzene rings is 1. The van der Waals surface area contributed by atoms with Crippen LogP contribution in [0.4, 0.5) is 11.5 Å². The van der Waals surface area contributed by atoms with E-state index >= 15 is 0 Å². The van der Waals surface area contributed by atoms with Crippen molar-refractivity contribution < 1.29 is 14.6 Å². The van der Waals surface area contributed by atoms with Gasteiger partial charge in [-0.05, 0) is 6.07 Å². The number of nitrogens with one attached hydrogen (secondary N) is 3. The number of anilines is 2. The summed E-state index contributed by atoms with van der Waals surface area (Å²) < 4.78 is 5.39. The third kappa shape index (κ3) is 2.10. The maximum Gasteiger partial charge on any atom is 0.338 e. The summed E-state index contributed by atoms with van der Waals surface area (Å²) >= 11 is 0. The topological polar surface area (TPSA) is 129 Å². The Morgan fingerprint density at radius 2 is 2.21 bits per heavy atom. The van der Waals surface area contributed by atoms with E-state index in [0.29, 0.717) is 28.3 Å². The van der Waals surface area contributed by atoms with Gasteiger partial charge in [-0.25, -0.2) is 14.8 Å². The summed E-state index contributed by atoms with van der Waals surface area (Å²) in [5.41, 5.74) is 2.01. The quantitative estimate of drug-likeness (QED) is 0.453. The van der Waals surface area contributed by atoms with Gasteiger partial charge in [0.25, 0.3) is 0 Å². The average molecular weight is 324 g/mol. The number of aromatic carboxylic acids is 1. The molecule has 120 valence electrons. The highest BCUT2D eigenvalue weighted by atomic mass is 16.5. The molecule has 0 saturated carbocycles. The molecule has 4 rings (SSSR count). The van der Waals surface area contributed by atoms with Crippen LogP contribution in [0.5, 0.6) is 5.75 Å². The summed E-state index contributed by atoms with van der Waals surface area (Å²) in [5, 5.41) is 20.6. The number of methoxy groups -OCH3 is 1. The van der Waals surface area contributed by atoms with E-state index in [0.717, 1.165) is 10.9 Å². The molecule has 24 heavy (non-hydrogen) atoms. The number of hydrogen-bond donors (Lipinski definition) is 4. The summed E-state index contributed by atoms with van der Waals surface area (Å²) in [6.07, 6.45) is 4.44. The Kier molecular flexibility index (Phi) is 3.05. The van der Waals surface area contributed by atoms with E-state index in [2.05, 4.69) is 30.5 Å². The van der Waals surface area contributed by atoms with Crippen LogP contribution < -0.4 is 10.1 Å². The Labute approximate surface area is 134 Å². The molecule has 0 saturated heterocycles. The summed E-state index contributed by atoms with van der Waals surface area (Å²) in [6.45, 7) is 0. The van der Waals surface area contributed by atoms with Crippen LogP contribution in [-0.2, 0) is 0 Å². The summed E-state index contributed by atoms with van der Waals surface area (Å²) in [7, 11) is 1.55. The second kappa shape index (κ2) is 5.23. The van der Waals surface area contributed by atoms with E-state index in [1.807, 2.05) is 6.07 Å². The van der Waals surface area contributed by atoms with Gasteiger partial charge in [-0.3, -0.25) is 5.10 Å². The number of carboxylic acid groups (broad SMARTS) is 1. The van der Waals surface area contributed by atoms with Crippen molar-refractivity contribution in [3.05, 3.63) is 36.4 Å². The first kappa shape index (κ1) is 14.0. The molecule has 0 bridgehead atoms. The maximum absolute atomic E-state index is 11.4. The van der Waals surface area contributed by atoms with Crippen LogP contribution in [0.2, 0.25) is 0 Å². The normalized spacial score (nSPS) is 11.0. The Morgan fingerprint density at radius 1 is 1.33 bits per heavy atom.